The molecule has 25 heavy (non-hydrogen) atoms. The van der Waals surface area contributed by atoms with Gasteiger partial charge in [0.15, 0.2) is 17.4 Å². The van der Waals surface area contributed by atoms with Crippen molar-refractivity contribution < 1.29 is 13.9 Å². The molecule has 0 fully saturated rings. The quantitative estimate of drug-likeness (QED) is 0.762. The van der Waals surface area contributed by atoms with Gasteiger partial charge in [0.1, 0.15) is 0 Å². The molecule has 0 amide bonds. The van der Waals surface area contributed by atoms with Gasteiger partial charge in [0.25, 0.3) is 5.56 Å². The summed E-state index contributed by atoms with van der Waals surface area (Å²) in [6.45, 7) is 3.84. The van der Waals surface area contributed by atoms with E-state index in [2.05, 4.69) is 15.3 Å². The number of fused-ring (bicyclic) bond motifs is 1. The van der Waals surface area contributed by atoms with E-state index in [1.165, 1.54) is 22.9 Å². The van der Waals surface area contributed by atoms with Gasteiger partial charge in [-0.15, -0.1) is 0 Å². The second kappa shape index (κ2) is 6.12. The molecule has 0 radical (unpaired) electrons. The molecule has 0 aliphatic carbocycles. The summed E-state index contributed by atoms with van der Waals surface area (Å²) in [6.07, 6.45) is 1.37. The first-order valence-electron chi connectivity index (χ1n) is 7.60. The average Bonchev–Trinajstić information content (AvgIpc) is 2.56. The third-order valence-corrected chi connectivity index (χ3v) is 3.72. The predicted molar refractivity (Wildman–Crippen MR) is 90.6 cm³/mol. The van der Waals surface area contributed by atoms with E-state index >= 15 is 0 Å². The maximum atomic E-state index is 13.9. The van der Waals surface area contributed by atoms with Crippen LogP contribution in [0.1, 0.15) is 13.8 Å². The van der Waals surface area contributed by atoms with Gasteiger partial charge in [0, 0.05) is 30.7 Å². The summed E-state index contributed by atoms with van der Waals surface area (Å²) in [7, 11) is 1.57. The average molecular weight is 346 g/mol. The minimum Gasteiger partial charge on any atom is -0.503 e. The number of anilines is 1. The Kier molecular flexibility index (Phi) is 4.12. The molecule has 0 saturated heterocycles. The molecule has 8 heteroatoms. The molecule has 0 saturated carbocycles. The predicted octanol–water partition coefficient (Wildman–Crippen LogP) is 2.80. The summed E-state index contributed by atoms with van der Waals surface area (Å²) >= 11 is 0. The summed E-state index contributed by atoms with van der Waals surface area (Å²) in [4.78, 5) is 20.9. The van der Waals surface area contributed by atoms with E-state index < -0.39 is 17.4 Å². The topological polar surface area (TPSA) is 80.0 Å². The van der Waals surface area contributed by atoms with Gasteiger partial charge in [-0.1, -0.05) is 0 Å². The Morgan fingerprint density at radius 1 is 1.28 bits per heavy atom. The highest BCUT2D eigenvalue weighted by molar-refractivity contribution is 5.83. The fourth-order valence-corrected chi connectivity index (χ4v) is 2.45. The lowest BCUT2D eigenvalue weighted by molar-refractivity contribution is 0.400. The molecule has 130 valence electrons. The van der Waals surface area contributed by atoms with Crippen LogP contribution in [0.2, 0.25) is 0 Å². The Bertz CT molecular complexity index is 1030. The highest BCUT2D eigenvalue weighted by Crippen LogP contribution is 2.29. The van der Waals surface area contributed by atoms with Crippen molar-refractivity contribution in [2.24, 2.45) is 7.05 Å². The number of hydrogen-bond acceptors (Lipinski definition) is 5. The number of nitrogens with one attached hydrogen (secondary N) is 1. The molecule has 0 bridgehead atoms. The summed E-state index contributed by atoms with van der Waals surface area (Å²) in [5, 5.41) is 12.3. The van der Waals surface area contributed by atoms with Gasteiger partial charge in [-0.25, -0.2) is 18.7 Å². The van der Waals surface area contributed by atoms with E-state index in [9.17, 15) is 18.7 Å². The van der Waals surface area contributed by atoms with E-state index in [4.69, 9.17) is 0 Å². The third kappa shape index (κ3) is 2.90. The van der Waals surface area contributed by atoms with Crippen molar-refractivity contribution in [1.82, 2.24) is 14.5 Å². The van der Waals surface area contributed by atoms with Crippen LogP contribution in [-0.2, 0) is 7.05 Å². The SMILES string of the molecule is CC(C)Nc1ncc(-c2ccc3c(F)c(O)c(F)cc3n2)c(=O)n1C. The maximum absolute atomic E-state index is 13.9. The zero-order valence-electron chi connectivity index (χ0n) is 13.8. The van der Waals surface area contributed by atoms with Crippen molar-refractivity contribution >= 4 is 16.9 Å². The zero-order chi connectivity index (χ0) is 18.3. The summed E-state index contributed by atoms with van der Waals surface area (Å²) in [5.41, 5.74) is 0.0928. The number of halogens is 2. The Labute approximate surface area is 141 Å². The van der Waals surface area contributed by atoms with Crippen molar-refractivity contribution in [3.63, 3.8) is 0 Å². The Morgan fingerprint density at radius 3 is 2.68 bits per heavy atom. The van der Waals surface area contributed by atoms with Crippen LogP contribution in [0.3, 0.4) is 0 Å². The third-order valence-electron chi connectivity index (χ3n) is 3.72. The number of nitrogens with zero attached hydrogens (tertiary/aromatic N) is 3. The number of aromatic nitrogens is 3. The molecule has 3 aromatic rings. The van der Waals surface area contributed by atoms with Crippen molar-refractivity contribution in [3.8, 4) is 17.0 Å². The molecule has 0 atom stereocenters. The van der Waals surface area contributed by atoms with Gasteiger partial charge in [-0.3, -0.25) is 9.36 Å². The number of aromatic hydroxyl groups is 1. The summed E-state index contributed by atoms with van der Waals surface area (Å²) in [5.74, 6) is -2.84. The number of phenols is 1. The highest BCUT2D eigenvalue weighted by Gasteiger charge is 2.16. The normalized spacial score (nSPS) is 11.3. The molecule has 2 N–H and O–H groups in total. The Morgan fingerprint density at radius 2 is 2.00 bits per heavy atom. The first-order chi connectivity index (χ1) is 11.8. The minimum absolute atomic E-state index is 0.00302. The van der Waals surface area contributed by atoms with Crippen molar-refractivity contribution in [2.75, 3.05) is 5.32 Å². The number of benzene rings is 1. The number of rotatable bonds is 3. The molecular weight excluding hydrogens is 330 g/mol. The lowest BCUT2D eigenvalue weighted by atomic mass is 10.1. The highest BCUT2D eigenvalue weighted by atomic mass is 19.1. The van der Waals surface area contributed by atoms with Crippen LogP contribution in [0.5, 0.6) is 5.75 Å². The number of phenolic OH excluding ortho intramolecular Hbond substituents is 1. The van der Waals surface area contributed by atoms with Gasteiger partial charge in [-0.2, -0.15) is 0 Å². The Hall–Kier alpha value is -3.03. The lowest BCUT2D eigenvalue weighted by Crippen LogP contribution is -2.25. The number of hydrogen-bond donors (Lipinski definition) is 2. The van der Waals surface area contributed by atoms with Crippen molar-refractivity contribution in [1.29, 1.82) is 0 Å². The first kappa shape index (κ1) is 16.8. The van der Waals surface area contributed by atoms with Gasteiger partial charge < -0.3 is 10.4 Å². The van der Waals surface area contributed by atoms with Gasteiger partial charge in [-0.05, 0) is 26.0 Å². The summed E-state index contributed by atoms with van der Waals surface area (Å²) in [6, 6.07) is 3.79. The van der Waals surface area contributed by atoms with Crippen molar-refractivity contribution in [3.05, 3.63) is 46.4 Å². The molecular formula is C17H16F2N4O2. The van der Waals surface area contributed by atoms with Crippen LogP contribution in [-0.4, -0.2) is 25.7 Å². The Balaban J connectivity index is 2.15. The molecule has 1 aromatic carbocycles. The van der Waals surface area contributed by atoms with E-state index in [0.29, 0.717) is 5.95 Å². The fraction of sp³-hybridized carbons (Fsp3) is 0.235. The molecule has 0 aliphatic rings. The standard InChI is InChI=1S/C17H16F2N4O2/c1-8(2)21-17-20-7-10(16(25)23(17)3)12-5-4-9-13(22-12)6-11(18)15(24)14(9)19/h4-8,24H,1-3H3,(H,20,21). The van der Waals surface area contributed by atoms with E-state index in [0.717, 1.165) is 6.07 Å². The minimum atomic E-state index is -1.11. The molecule has 3 rings (SSSR count). The van der Waals surface area contributed by atoms with E-state index in [1.54, 1.807) is 7.05 Å². The smallest absolute Gasteiger partial charge is 0.264 e. The summed E-state index contributed by atoms with van der Waals surface area (Å²) < 4.78 is 28.8. The zero-order valence-corrected chi connectivity index (χ0v) is 13.8. The van der Waals surface area contributed by atoms with E-state index in [1.807, 2.05) is 13.8 Å². The van der Waals surface area contributed by atoms with Gasteiger partial charge in [0.2, 0.25) is 5.95 Å². The molecule has 2 aromatic heterocycles. The number of pyridine rings is 1. The van der Waals surface area contributed by atoms with Crippen LogP contribution in [0.4, 0.5) is 14.7 Å². The van der Waals surface area contributed by atoms with Crippen LogP contribution < -0.4 is 10.9 Å². The van der Waals surface area contributed by atoms with Crippen LogP contribution >= 0.6 is 0 Å². The van der Waals surface area contributed by atoms with Crippen molar-refractivity contribution in [2.45, 2.75) is 19.9 Å². The molecule has 0 unspecified atom stereocenters. The van der Waals surface area contributed by atoms with Gasteiger partial charge >= 0.3 is 0 Å². The molecule has 0 spiro atoms. The molecule has 0 aliphatic heterocycles. The maximum Gasteiger partial charge on any atom is 0.264 e. The van der Waals surface area contributed by atoms with E-state index in [-0.39, 0.29) is 33.8 Å². The first-order valence-corrected chi connectivity index (χ1v) is 7.60. The second-order valence-corrected chi connectivity index (χ2v) is 5.94. The largest absolute Gasteiger partial charge is 0.503 e. The second-order valence-electron chi connectivity index (χ2n) is 5.94. The van der Waals surface area contributed by atoms with Crippen LogP contribution in [0.15, 0.2) is 29.2 Å². The van der Waals surface area contributed by atoms with Crippen LogP contribution in [0, 0.1) is 11.6 Å². The fourth-order valence-electron chi connectivity index (χ4n) is 2.45. The van der Waals surface area contributed by atoms with Gasteiger partial charge in [0.05, 0.1) is 16.8 Å². The van der Waals surface area contributed by atoms with Crippen LogP contribution in [0.25, 0.3) is 22.2 Å². The molecule has 2 heterocycles. The monoisotopic (exact) mass is 346 g/mol. The lowest BCUT2D eigenvalue weighted by Gasteiger charge is -2.13. The molecule has 6 nitrogen and oxygen atoms in total.